The molecule has 0 N–H and O–H groups in total. The number of rotatable bonds is 10. The number of ether oxygens (including phenoxy) is 2. The van der Waals surface area contributed by atoms with Crippen LogP contribution in [-0.4, -0.2) is 22.5 Å². The van der Waals surface area contributed by atoms with E-state index < -0.39 is 0 Å². The zero-order valence-corrected chi connectivity index (χ0v) is 15.9. The Bertz CT molecular complexity index is 669. The average molecular weight is 356 g/mol. The van der Waals surface area contributed by atoms with Gasteiger partial charge in [0.15, 0.2) is 0 Å². The molecule has 0 radical (unpaired) electrons. The maximum absolute atomic E-state index is 11.7. The normalized spacial score (nSPS) is 11.8. The van der Waals surface area contributed by atoms with Gasteiger partial charge in [-0.2, -0.15) is 0 Å². The number of hydrogen-bond donors (Lipinski definition) is 0. The van der Waals surface area contributed by atoms with Crippen molar-refractivity contribution in [3.05, 3.63) is 36.7 Å². The molecule has 0 bridgehead atoms. The van der Waals surface area contributed by atoms with Crippen LogP contribution in [0.3, 0.4) is 0 Å². The number of carbonyl (C=O) groups is 1. The van der Waals surface area contributed by atoms with Gasteiger partial charge in [0.25, 0.3) is 0 Å². The van der Waals surface area contributed by atoms with Gasteiger partial charge in [0.1, 0.15) is 5.75 Å². The highest BCUT2D eigenvalue weighted by Gasteiger charge is 2.07. The zero-order chi connectivity index (χ0) is 18.8. The molecule has 2 rings (SSSR count). The van der Waals surface area contributed by atoms with E-state index in [1.165, 1.54) is 6.20 Å². The van der Waals surface area contributed by atoms with Crippen molar-refractivity contribution in [2.24, 2.45) is 5.92 Å². The number of aromatic nitrogens is 2. The van der Waals surface area contributed by atoms with E-state index in [0.717, 1.165) is 42.7 Å². The number of benzene rings is 1. The van der Waals surface area contributed by atoms with Gasteiger partial charge in [0.05, 0.1) is 24.7 Å². The molecule has 0 aliphatic rings. The lowest BCUT2D eigenvalue weighted by Crippen LogP contribution is -2.08. The van der Waals surface area contributed by atoms with Gasteiger partial charge in [-0.05, 0) is 36.6 Å². The molecule has 1 heterocycles. The zero-order valence-electron chi connectivity index (χ0n) is 15.9. The summed E-state index contributed by atoms with van der Waals surface area (Å²) in [6.07, 6.45) is 7.55. The van der Waals surface area contributed by atoms with Crippen LogP contribution in [0.5, 0.6) is 11.6 Å². The Balaban J connectivity index is 1.90. The molecule has 140 valence electrons. The minimum atomic E-state index is -0.261. The molecule has 1 unspecified atom stereocenters. The summed E-state index contributed by atoms with van der Waals surface area (Å²) < 4.78 is 11.0. The molecule has 0 amide bonds. The third-order valence-electron chi connectivity index (χ3n) is 4.21. The molecule has 0 fully saturated rings. The molecule has 0 aliphatic heterocycles. The Morgan fingerprint density at radius 3 is 2.46 bits per heavy atom. The monoisotopic (exact) mass is 356 g/mol. The summed E-state index contributed by atoms with van der Waals surface area (Å²) in [5.74, 6) is 1.37. The SMILES string of the molecule is CCCCCC(=O)Oc1cnc(-c2ccc(OCC(C)CC)cc2)cn1. The van der Waals surface area contributed by atoms with E-state index in [0.29, 0.717) is 18.9 Å². The smallest absolute Gasteiger partial charge is 0.312 e. The predicted molar refractivity (Wildman–Crippen MR) is 102 cm³/mol. The van der Waals surface area contributed by atoms with Crippen LogP contribution in [0.15, 0.2) is 36.7 Å². The molecule has 26 heavy (non-hydrogen) atoms. The molecule has 5 nitrogen and oxygen atoms in total. The van der Waals surface area contributed by atoms with E-state index in [1.807, 2.05) is 24.3 Å². The van der Waals surface area contributed by atoms with Gasteiger partial charge in [-0.1, -0.05) is 40.0 Å². The number of hydrogen-bond acceptors (Lipinski definition) is 5. The van der Waals surface area contributed by atoms with Crippen molar-refractivity contribution in [3.63, 3.8) is 0 Å². The quantitative estimate of drug-likeness (QED) is 0.440. The van der Waals surface area contributed by atoms with Crippen LogP contribution < -0.4 is 9.47 Å². The molecular formula is C21H28N2O3. The molecule has 5 heteroatoms. The molecule has 0 saturated heterocycles. The van der Waals surface area contributed by atoms with Crippen LogP contribution in [0, 0.1) is 5.92 Å². The molecule has 0 aliphatic carbocycles. The van der Waals surface area contributed by atoms with E-state index in [4.69, 9.17) is 9.47 Å². The fourth-order valence-electron chi connectivity index (χ4n) is 2.28. The Kier molecular flexibility index (Phi) is 8.06. The van der Waals surface area contributed by atoms with E-state index in [2.05, 4.69) is 30.7 Å². The molecule has 0 saturated carbocycles. The molecule has 0 spiro atoms. The van der Waals surface area contributed by atoms with Gasteiger partial charge in [0.2, 0.25) is 5.88 Å². The van der Waals surface area contributed by atoms with Crippen molar-refractivity contribution in [1.29, 1.82) is 0 Å². The van der Waals surface area contributed by atoms with Gasteiger partial charge in [-0.15, -0.1) is 0 Å². The number of esters is 1. The second-order valence-corrected chi connectivity index (χ2v) is 6.52. The van der Waals surface area contributed by atoms with Crippen LogP contribution in [0.25, 0.3) is 11.3 Å². The first-order chi connectivity index (χ1) is 12.6. The fourth-order valence-corrected chi connectivity index (χ4v) is 2.28. The van der Waals surface area contributed by atoms with Crippen molar-refractivity contribution in [3.8, 4) is 22.9 Å². The van der Waals surface area contributed by atoms with Crippen LogP contribution in [0.1, 0.15) is 52.9 Å². The minimum Gasteiger partial charge on any atom is -0.493 e. The summed E-state index contributed by atoms with van der Waals surface area (Å²) in [4.78, 5) is 20.2. The topological polar surface area (TPSA) is 61.3 Å². The van der Waals surface area contributed by atoms with Crippen molar-refractivity contribution in [2.45, 2.75) is 52.9 Å². The molecule has 2 aromatic rings. The maximum Gasteiger partial charge on any atom is 0.312 e. The average Bonchev–Trinajstić information content (AvgIpc) is 2.67. The molecule has 1 aromatic carbocycles. The Morgan fingerprint density at radius 1 is 1.08 bits per heavy atom. The van der Waals surface area contributed by atoms with Crippen molar-refractivity contribution in [2.75, 3.05) is 6.61 Å². The van der Waals surface area contributed by atoms with Crippen molar-refractivity contribution < 1.29 is 14.3 Å². The third-order valence-corrected chi connectivity index (χ3v) is 4.21. The van der Waals surface area contributed by atoms with Crippen LogP contribution in [0.4, 0.5) is 0 Å². The van der Waals surface area contributed by atoms with Crippen molar-refractivity contribution in [1.82, 2.24) is 9.97 Å². The third kappa shape index (κ3) is 6.47. The lowest BCUT2D eigenvalue weighted by molar-refractivity contribution is -0.134. The highest BCUT2D eigenvalue weighted by Crippen LogP contribution is 2.21. The van der Waals surface area contributed by atoms with E-state index >= 15 is 0 Å². The van der Waals surface area contributed by atoms with Gasteiger partial charge in [-0.25, -0.2) is 9.97 Å². The summed E-state index contributed by atoms with van der Waals surface area (Å²) >= 11 is 0. The van der Waals surface area contributed by atoms with Gasteiger partial charge in [-0.3, -0.25) is 4.79 Å². The summed E-state index contributed by atoms with van der Waals surface area (Å²) in [6.45, 7) is 7.14. The first-order valence-electron chi connectivity index (χ1n) is 9.38. The fraction of sp³-hybridized carbons (Fsp3) is 0.476. The number of nitrogens with zero attached hydrogens (tertiary/aromatic N) is 2. The lowest BCUT2D eigenvalue weighted by atomic mass is 10.1. The van der Waals surface area contributed by atoms with Gasteiger partial charge < -0.3 is 9.47 Å². The first kappa shape index (κ1) is 19.9. The molecular weight excluding hydrogens is 328 g/mol. The van der Waals surface area contributed by atoms with E-state index in [9.17, 15) is 4.79 Å². The van der Waals surface area contributed by atoms with E-state index in [1.54, 1.807) is 6.20 Å². The summed E-state index contributed by atoms with van der Waals surface area (Å²) in [7, 11) is 0. The van der Waals surface area contributed by atoms with Gasteiger partial charge in [0, 0.05) is 12.0 Å². The highest BCUT2D eigenvalue weighted by atomic mass is 16.5. The van der Waals surface area contributed by atoms with Crippen LogP contribution >= 0.6 is 0 Å². The summed E-state index contributed by atoms with van der Waals surface area (Å²) in [5.41, 5.74) is 1.67. The largest absolute Gasteiger partial charge is 0.493 e. The maximum atomic E-state index is 11.7. The molecule has 1 atom stereocenters. The standard InChI is InChI=1S/C21H28N2O3/c1-4-6-7-8-21(24)26-20-14-22-19(13-23-20)17-9-11-18(12-10-17)25-15-16(3)5-2/h9-14,16H,4-8,15H2,1-3H3. The Morgan fingerprint density at radius 2 is 1.85 bits per heavy atom. The Labute approximate surface area is 155 Å². The summed E-state index contributed by atoms with van der Waals surface area (Å²) in [6, 6.07) is 7.76. The predicted octanol–water partition coefficient (Wildman–Crippen LogP) is 5.05. The lowest BCUT2D eigenvalue weighted by Gasteiger charge is -2.11. The second kappa shape index (κ2) is 10.5. The molecule has 1 aromatic heterocycles. The Hall–Kier alpha value is -2.43. The second-order valence-electron chi connectivity index (χ2n) is 6.52. The summed E-state index contributed by atoms with van der Waals surface area (Å²) in [5, 5.41) is 0. The highest BCUT2D eigenvalue weighted by molar-refractivity contribution is 5.71. The number of unbranched alkanes of at least 4 members (excludes halogenated alkanes) is 2. The first-order valence-corrected chi connectivity index (χ1v) is 9.38. The number of carbonyl (C=O) groups excluding carboxylic acids is 1. The van der Waals surface area contributed by atoms with Crippen LogP contribution in [-0.2, 0) is 4.79 Å². The minimum absolute atomic E-state index is 0.240. The van der Waals surface area contributed by atoms with Gasteiger partial charge >= 0.3 is 5.97 Å². The van der Waals surface area contributed by atoms with Crippen LogP contribution in [0.2, 0.25) is 0 Å². The van der Waals surface area contributed by atoms with Crippen molar-refractivity contribution >= 4 is 5.97 Å². The van der Waals surface area contributed by atoms with E-state index in [-0.39, 0.29) is 11.8 Å².